The Hall–Kier alpha value is -0.460. The van der Waals surface area contributed by atoms with Crippen LogP contribution in [-0.4, -0.2) is 59.6 Å². The summed E-state index contributed by atoms with van der Waals surface area (Å²) in [6, 6.07) is 0. The molecule has 0 aromatic carbocycles. The number of allylic oxidation sites excluding steroid dienone is 1. The van der Waals surface area contributed by atoms with Crippen LogP contribution >= 0.6 is 0 Å². The highest BCUT2D eigenvalue weighted by Crippen LogP contribution is 2.17. The highest BCUT2D eigenvalue weighted by Gasteiger charge is 2.39. The number of ether oxygens (including phenoxy) is 2. The van der Waals surface area contributed by atoms with Crippen LogP contribution in [0.15, 0.2) is 12.7 Å². The molecule has 5 heteroatoms. The number of unbranched alkanes of at least 4 members (excludes halogenated alkanes) is 4. The second-order valence-corrected chi connectivity index (χ2v) is 4.99. The lowest BCUT2D eigenvalue weighted by Gasteiger charge is -2.20. The average Bonchev–Trinajstić information content (AvgIpc) is 2.73. The van der Waals surface area contributed by atoms with E-state index in [4.69, 9.17) is 9.47 Å². The first-order chi connectivity index (χ1) is 9.16. The molecule has 3 N–H and O–H groups in total. The van der Waals surface area contributed by atoms with Crippen molar-refractivity contribution in [2.75, 3.05) is 19.8 Å². The van der Waals surface area contributed by atoms with E-state index in [0.717, 1.165) is 32.1 Å². The first kappa shape index (κ1) is 16.6. The molecule has 1 saturated heterocycles. The monoisotopic (exact) mass is 274 g/mol. The van der Waals surface area contributed by atoms with Gasteiger partial charge in [0, 0.05) is 6.61 Å². The zero-order chi connectivity index (χ0) is 14.1. The van der Waals surface area contributed by atoms with Gasteiger partial charge in [0.2, 0.25) is 0 Å². The first-order valence-corrected chi connectivity index (χ1v) is 7.01. The van der Waals surface area contributed by atoms with Crippen molar-refractivity contribution in [1.82, 2.24) is 0 Å². The van der Waals surface area contributed by atoms with Crippen LogP contribution in [0.3, 0.4) is 0 Å². The molecule has 1 aliphatic rings. The lowest BCUT2D eigenvalue weighted by molar-refractivity contribution is -0.0813. The lowest BCUT2D eigenvalue weighted by Crippen LogP contribution is -2.40. The fraction of sp³-hybridized carbons (Fsp3) is 0.857. The molecular weight excluding hydrogens is 248 g/mol. The Morgan fingerprint density at radius 2 is 2.00 bits per heavy atom. The van der Waals surface area contributed by atoms with Crippen molar-refractivity contribution >= 4 is 0 Å². The van der Waals surface area contributed by atoms with Gasteiger partial charge in [-0.1, -0.05) is 18.9 Å². The van der Waals surface area contributed by atoms with E-state index in [1.54, 1.807) is 0 Å². The molecule has 112 valence electrons. The van der Waals surface area contributed by atoms with E-state index < -0.39 is 24.4 Å². The summed E-state index contributed by atoms with van der Waals surface area (Å²) in [5.74, 6) is 0. The quantitative estimate of drug-likeness (QED) is 0.402. The van der Waals surface area contributed by atoms with Crippen LogP contribution in [0.4, 0.5) is 0 Å². The smallest absolute Gasteiger partial charge is 0.114 e. The van der Waals surface area contributed by atoms with Gasteiger partial charge in [0.05, 0.1) is 13.2 Å². The minimum Gasteiger partial charge on any atom is -0.388 e. The van der Waals surface area contributed by atoms with Gasteiger partial charge in [0.25, 0.3) is 0 Å². The summed E-state index contributed by atoms with van der Waals surface area (Å²) in [5.41, 5.74) is 0. The molecule has 0 aromatic rings. The van der Waals surface area contributed by atoms with Crippen LogP contribution in [0.25, 0.3) is 0 Å². The van der Waals surface area contributed by atoms with E-state index in [1.165, 1.54) is 0 Å². The topological polar surface area (TPSA) is 79.2 Å². The maximum absolute atomic E-state index is 9.78. The highest BCUT2D eigenvalue weighted by atomic mass is 16.5. The summed E-state index contributed by atoms with van der Waals surface area (Å²) in [6.45, 7) is 4.46. The first-order valence-electron chi connectivity index (χ1n) is 7.01. The number of hydrogen-bond acceptors (Lipinski definition) is 5. The molecule has 4 atom stereocenters. The van der Waals surface area contributed by atoms with Crippen LogP contribution in [0.2, 0.25) is 0 Å². The Morgan fingerprint density at radius 3 is 2.63 bits per heavy atom. The van der Waals surface area contributed by atoms with Gasteiger partial charge in [-0.25, -0.2) is 0 Å². The number of aliphatic hydroxyl groups is 3. The van der Waals surface area contributed by atoms with Crippen LogP contribution in [0.1, 0.15) is 32.1 Å². The molecule has 0 radical (unpaired) electrons. The van der Waals surface area contributed by atoms with Gasteiger partial charge >= 0.3 is 0 Å². The largest absolute Gasteiger partial charge is 0.388 e. The van der Waals surface area contributed by atoms with Crippen LogP contribution in [-0.2, 0) is 9.47 Å². The van der Waals surface area contributed by atoms with Crippen molar-refractivity contribution in [3.8, 4) is 0 Å². The summed E-state index contributed by atoms with van der Waals surface area (Å²) in [5, 5.41) is 28.6. The predicted octanol–water partition coefficient (Wildman–Crippen LogP) is 0.621. The second-order valence-electron chi connectivity index (χ2n) is 4.99. The zero-order valence-electron chi connectivity index (χ0n) is 11.4. The Labute approximate surface area is 114 Å². The summed E-state index contributed by atoms with van der Waals surface area (Å²) < 4.78 is 10.5. The fourth-order valence-corrected chi connectivity index (χ4v) is 2.11. The molecule has 19 heavy (non-hydrogen) atoms. The number of hydrogen-bond donors (Lipinski definition) is 3. The van der Waals surface area contributed by atoms with Crippen LogP contribution in [0, 0.1) is 0 Å². The van der Waals surface area contributed by atoms with Crippen molar-refractivity contribution in [1.29, 1.82) is 0 Å². The van der Waals surface area contributed by atoms with E-state index in [1.807, 2.05) is 6.08 Å². The molecule has 1 rings (SSSR count). The predicted molar refractivity (Wildman–Crippen MR) is 71.9 cm³/mol. The maximum atomic E-state index is 9.78. The van der Waals surface area contributed by atoms with Gasteiger partial charge < -0.3 is 24.8 Å². The number of rotatable bonds is 10. The summed E-state index contributed by atoms with van der Waals surface area (Å²) in [7, 11) is 0. The van der Waals surface area contributed by atoms with Gasteiger partial charge in [0.15, 0.2) is 0 Å². The third kappa shape index (κ3) is 6.01. The van der Waals surface area contributed by atoms with Crippen molar-refractivity contribution in [2.24, 2.45) is 0 Å². The van der Waals surface area contributed by atoms with Crippen LogP contribution in [0.5, 0.6) is 0 Å². The summed E-state index contributed by atoms with van der Waals surface area (Å²) in [4.78, 5) is 0. The van der Waals surface area contributed by atoms with Gasteiger partial charge in [0.1, 0.15) is 24.4 Å². The van der Waals surface area contributed by atoms with E-state index in [-0.39, 0.29) is 13.2 Å². The highest BCUT2D eigenvalue weighted by molar-refractivity contribution is 4.87. The van der Waals surface area contributed by atoms with Gasteiger partial charge in [-0.2, -0.15) is 0 Å². The average molecular weight is 274 g/mol. The molecule has 0 amide bonds. The van der Waals surface area contributed by atoms with E-state index >= 15 is 0 Å². The van der Waals surface area contributed by atoms with E-state index in [9.17, 15) is 15.3 Å². The Bertz CT molecular complexity index is 246. The Morgan fingerprint density at radius 1 is 1.26 bits per heavy atom. The molecule has 0 aromatic heterocycles. The minimum atomic E-state index is -1.03. The molecule has 0 unspecified atom stereocenters. The van der Waals surface area contributed by atoms with Gasteiger partial charge in [-0.15, -0.1) is 6.58 Å². The second kappa shape index (κ2) is 9.44. The molecule has 0 bridgehead atoms. The Kier molecular flexibility index (Phi) is 8.25. The van der Waals surface area contributed by atoms with Crippen molar-refractivity contribution in [3.05, 3.63) is 12.7 Å². The molecule has 1 aliphatic heterocycles. The van der Waals surface area contributed by atoms with Crippen molar-refractivity contribution in [2.45, 2.75) is 56.5 Å². The van der Waals surface area contributed by atoms with Gasteiger partial charge in [-0.3, -0.25) is 0 Å². The molecule has 1 fully saturated rings. The van der Waals surface area contributed by atoms with Crippen molar-refractivity contribution in [3.63, 3.8) is 0 Å². The number of aliphatic hydroxyl groups excluding tert-OH is 3. The molecule has 1 heterocycles. The normalized spacial score (nSPS) is 28.5. The van der Waals surface area contributed by atoms with Gasteiger partial charge in [-0.05, 0) is 19.3 Å². The molecule has 0 aliphatic carbocycles. The fourth-order valence-electron chi connectivity index (χ4n) is 2.11. The third-order valence-electron chi connectivity index (χ3n) is 3.31. The molecular formula is C14H26O5. The molecule has 5 nitrogen and oxygen atoms in total. The SMILES string of the molecule is C=CCCCCCCOC[C@@H](O)[C@H]1OC[C@H](O)[C@H]1O. The molecule has 0 saturated carbocycles. The standard InChI is InChI=1S/C14H26O5/c1-2-3-4-5-6-7-8-18-9-12(16)14-13(17)11(15)10-19-14/h2,11-17H,1,3-10H2/t11-,12+,13+,14+/m0/s1. The zero-order valence-corrected chi connectivity index (χ0v) is 11.4. The minimum absolute atomic E-state index is 0.0617. The lowest BCUT2D eigenvalue weighted by atomic mass is 10.1. The Balaban J connectivity index is 1.98. The van der Waals surface area contributed by atoms with Crippen LogP contribution < -0.4 is 0 Å². The maximum Gasteiger partial charge on any atom is 0.114 e. The summed E-state index contributed by atoms with van der Waals surface area (Å²) in [6.07, 6.45) is 3.77. The summed E-state index contributed by atoms with van der Waals surface area (Å²) >= 11 is 0. The third-order valence-corrected chi connectivity index (χ3v) is 3.31. The van der Waals surface area contributed by atoms with Crippen molar-refractivity contribution < 1.29 is 24.8 Å². The van der Waals surface area contributed by atoms with E-state index in [0.29, 0.717) is 6.61 Å². The van der Waals surface area contributed by atoms with E-state index in [2.05, 4.69) is 6.58 Å². The molecule has 0 spiro atoms.